The lowest BCUT2D eigenvalue weighted by atomic mass is 10.1. The van der Waals surface area contributed by atoms with Crippen molar-refractivity contribution in [2.75, 3.05) is 7.11 Å². The van der Waals surface area contributed by atoms with Crippen molar-refractivity contribution in [2.45, 2.75) is 12.3 Å². The number of hydrogen-bond acceptors (Lipinski definition) is 5. The SMILES string of the molecule is COC(=O)c1cc(CN=[N+]=[N-])cc(C[SH](=O)=O)c1. The Bertz CT molecular complexity index is 568. The van der Waals surface area contributed by atoms with Gasteiger partial charge < -0.3 is 4.74 Å². The molecular weight excluding hydrogens is 258 g/mol. The summed E-state index contributed by atoms with van der Waals surface area (Å²) < 4.78 is 25.9. The fourth-order valence-electron chi connectivity index (χ4n) is 1.44. The molecule has 0 heterocycles. The van der Waals surface area contributed by atoms with Crippen molar-refractivity contribution < 1.29 is 17.9 Å². The Balaban J connectivity index is 3.18. The molecule has 8 heteroatoms. The van der Waals surface area contributed by atoms with Crippen LogP contribution in [0.3, 0.4) is 0 Å². The van der Waals surface area contributed by atoms with Crippen molar-refractivity contribution in [3.8, 4) is 0 Å². The smallest absolute Gasteiger partial charge is 0.337 e. The number of carbonyl (C=O) groups excluding carboxylic acids is 1. The highest BCUT2D eigenvalue weighted by Gasteiger charge is 2.09. The van der Waals surface area contributed by atoms with Crippen LogP contribution in [0, 0.1) is 0 Å². The highest BCUT2D eigenvalue weighted by molar-refractivity contribution is 7.71. The molecule has 0 saturated carbocycles. The van der Waals surface area contributed by atoms with Gasteiger partial charge in [0, 0.05) is 4.91 Å². The van der Waals surface area contributed by atoms with Gasteiger partial charge in [-0.2, -0.15) is 0 Å². The Morgan fingerprint density at radius 2 is 2.06 bits per heavy atom. The molecule has 18 heavy (non-hydrogen) atoms. The van der Waals surface area contributed by atoms with Crippen molar-refractivity contribution in [3.05, 3.63) is 45.3 Å². The standard InChI is InChI=1S/C10H11N3O4S/c1-17-10(14)9-3-7(5-12-13-11)2-8(4-9)6-18(15)16/h2-4,18H,5-6H2,1H3. The lowest BCUT2D eigenvalue weighted by Crippen LogP contribution is -2.03. The van der Waals surface area contributed by atoms with Gasteiger partial charge >= 0.3 is 5.97 Å². The Hall–Kier alpha value is -2.05. The summed E-state index contributed by atoms with van der Waals surface area (Å²) in [5.41, 5.74) is 9.48. The summed E-state index contributed by atoms with van der Waals surface area (Å²) >= 11 is 0. The molecule has 0 atom stereocenters. The van der Waals surface area contributed by atoms with E-state index in [4.69, 9.17) is 5.53 Å². The van der Waals surface area contributed by atoms with Gasteiger partial charge in [0.05, 0.1) is 25.0 Å². The first kappa shape index (κ1) is 14.0. The summed E-state index contributed by atoms with van der Waals surface area (Å²) in [5.74, 6) is -0.746. The lowest BCUT2D eigenvalue weighted by molar-refractivity contribution is 0.0600. The third-order valence-corrected chi connectivity index (χ3v) is 2.73. The number of esters is 1. The van der Waals surface area contributed by atoms with Gasteiger partial charge in [-0.15, -0.1) is 0 Å². The first-order chi connectivity index (χ1) is 8.56. The maximum absolute atomic E-state index is 11.4. The first-order valence-corrected chi connectivity index (χ1v) is 6.27. The van der Waals surface area contributed by atoms with Crippen molar-refractivity contribution in [3.63, 3.8) is 0 Å². The van der Waals surface area contributed by atoms with Gasteiger partial charge in [0.2, 0.25) is 0 Å². The van der Waals surface area contributed by atoms with E-state index >= 15 is 0 Å². The largest absolute Gasteiger partial charge is 0.465 e. The summed E-state index contributed by atoms with van der Waals surface area (Å²) in [6, 6.07) is 4.52. The molecule has 0 aromatic heterocycles. The van der Waals surface area contributed by atoms with Gasteiger partial charge in [-0.05, 0) is 28.8 Å². The van der Waals surface area contributed by atoms with Crippen LogP contribution in [0.15, 0.2) is 23.3 Å². The van der Waals surface area contributed by atoms with Gasteiger partial charge in [-0.3, -0.25) is 0 Å². The molecule has 96 valence electrons. The minimum absolute atomic E-state index is 0.0456. The quantitative estimate of drug-likeness (QED) is 0.286. The molecular formula is C10H11N3O4S. The van der Waals surface area contributed by atoms with Crippen LogP contribution in [0.1, 0.15) is 21.5 Å². The highest BCUT2D eigenvalue weighted by atomic mass is 32.2. The van der Waals surface area contributed by atoms with E-state index < -0.39 is 16.7 Å². The molecule has 1 aromatic rings. The fraction of sp³-hybridized carbons (Fsp3) is 0.300. The third kappa shape index (κ3) is 4.08. The molecule has 0 unspecified atom stereocenters. The minimum Gasteiger partial charge on any atom is -0.465 e. The summed E-state index contributed by atoms with van der Waals surface area (Å²) in [4.78, 5) is 14.0. The molecule has 0 saturated heterocycles. The number of methoxy groups -OCH3 is 1. The molecule has 0 fully saturated rings. The predicted octanol–water partition coefficient (Wildman–Crippen LogP) is 1.39. The van der Waals surface area contributed by atoms with Crippen LogP contribution < -0.4 is 0 Å². The minimum atomic E-state index is -2.59. The number of carbonyl (C=O) groups is 1. The lowest BCUT2D eigenvalue weighted by Gasteiger charge is -2.05. The van der Waals surface area contributed by atoms with Gasteiger partial charge in [0.25, 0.3) is 0 Å². The Morgan fingerprint density at radius 1 is 1.39 bits per heavy atom. The van der Waals surface area contributed by atoms with E-state index in [9.17, 15) is 13.2 Å². The van der Waals surface area contributed by atoms with Crippen LogP contribution in [-0.2, 0) is 27.7 Å². The number of ether oxygens (including phenoxy) is 1. The normalized spacial score (nSPS) is 9.89. The second-order valence-corrected chi connectivity index (χ2v) is 4.39. The van der Waals surface area contributed by atoms with Crippen LogP contribution >= 0.6 is 0 Å². The summed E-state index contributed by atoms with van der Waals surface area (Å²) in [7, 11) is -1.36. The van der Waals surface area contributed by atoms with Crippen LogP contribution in [0.4, 0.5) is 0 Å². The van der Waals surface area contributed by atoms with Crippen LogP contribution in [-0.4, -0.2) is 21.5 Å². The highest BCUT2D eigenvalue weighted by Crippen LogP contribution is 2.13. The second kappa shape index (κ2) is 6.63. The number of azide groups is 1. The maximum atomic E-state index is 11.4. The monoisotopic (exact) mass is 269 g/mol. The van der Waals surface area contributed by atoms with Crippen molar-refractivity contribution >= 4 is 16.7 Å². The second-order valence-electron chi connectivity index (χ2n) is 3.41. The topological polar surface area (TPSA) is 109 Å². The zero-order valence-corrected chi connectivity index (χ0v) is 10.5. The van der Waals surface area contributed by atoms with E-state index in [0.717, 1.165) is 0 Å². The Kier molecular flexibility index (Phi) is 5.16. The predicted molar refractivity (Wildman–Crippen MR) is 64.7 cm³/mol. The van der Waals surface area contributed by atoms with E-state index in [2.05, 4.69) is 14.8 Å². The number of thiol groups is 1. The summed E-state index contributed by atoms with van der Waals surface area (Å²) in [5, 5.41) is 3.37. The van der Waals surface area contributed by atoms with Gasteiger partial charge in [-0.1, -0.05) is 11.2 Å². The molecule has 0 aliphatic carbocycles. The van der Waals surface area contributed by atoms with Gasteiger partial charge in [0.15, 0.2) is 0 Å². The Labute approximate surface area is 105 Å². The Morgan fingerprint density at radius 3 is 2.61 bits per heavy atom. The molecule has 1 aromatic carbocycles. The molecule has 0 amide bonds. The van der Waals surface area contributed by atoms with Crippen molar-refractivity contribution in [2.24, 2.45) is 5.11 Å². The molecule has 0 bridgehead atoms. The number of nitrogens with zero attached hydrogens (tertiary/aromatic N) is 3. The van der Waals surface area contributed by atoms with Crippen LogP contribution in [0.2, 0.25) is 0 Å². The maximum Gasteiger partial charge on any atom is 0.337 e. The number of hydrogen-bond donors (Lipinski definition) is 1. The fourth-order valence-corrected chi connectivity index (χ4v) is 1.92. The van der Waals surface area contributed by atoms with Crippen LogP contribution in [0.25, 0.3) is 10.4 Å². The third-order valence-electron chi connectivity index (χ3n) is 2.10. The molecule has 0 aliphatic heterocycles. The summed E-state index contributed by atoms with van der Waals surface area (Å²) in [6.07, 6.45) is 0. The molecule has 0 spiro atoms. The number of rotatable bonds is 5. The van der Waals surface area contributed by atoms with Gasteiger partial charge in [0.1, 0.15) is 10.7 Å². The van der Waals surface area contributed by atoms with E-state index in [1.165, 1.54) is 19.2 Å². The van der Waals surface area contributed by atoms with Crippen molar-refractivity contribution in [1.29, 1.82) is 0 Å². The zero-order chi connectivity index (χ0) is 13.5. The van der Waals surface area contributed by atoms with Crippen LogP contribution in [0.5, 0.6) is 0 Å². The zero-order valence-electron chi connectivity index (χ0n) is 9.57. The molecule has 7 nitrogen and oxygen atoms in total. The molecule has 1 rings (SSSR count). The average Bonchev–Trinajstić information content (AvgIpc) is 2.34. The van der Waals surface area contributed by atoms with E-state index in [1.54, 1.807) is 6.07 Å². The van der Waals surface area contributed by atoms with E-state index in [-0.39, 0.29) is 17.9 Å². The number of benzene rings is 1. The van der Waals surface area contributed by atoms with E-state index in [0.29, 0.717) is 11.1 Å². The van der Waals surface area contributed by atoms with E-state index in [1.807, 2.05) is 0 Å². The summed E-state index contributed by atoms with van der Waals surface area (Å²) in [6.45, 7) is 0.0456. The van der Waals surface area contributed by atoms with Crippen molar-refractivity contribution in [1.82, 2.24) is 0 Å². The average molecular weight is 269 g/mol. The van der Waals surface area contributed by atoms with Gasteiger partial charge in [-0.25, -0.2) is 13.2 Å². The molecule has 0 N–H and O–H groups in total. The molecule has 0 aliphatic rings. The first-order valence-electron chi connectivity index (χ1n) is 4.90. The molecule has 0 radical (unpaired) electrons.